The smallest absolute Gasteiger partial charge is 0.339 e. The maximum Gasteiger partial charge on any atom is 0.339 e. The van der Waals surface area contributed by atoms with Crippen LogP contribution in [0.2, 0.25) is 5.02 Å². The highest BCUT2D eigenvalue weighted by atomic mass is 35.5. The number of hydrogen-bond donors (Lipinski definition) is 0. The summed E-state index contributed by atoms with van der Waals surface area (Å²) in [5.74, 6) is 0.831. The van der Waals surface area contributed by atoms with Crippen LogP contribution in [0.5, 0.6) is 17.2 Å². The van der Waals surface area contributed by atoms with Gasteiger partial charge in [-0.15, -0.1) is 0 Å². The number of ether oxygens (including phenoxy) is 2. The topological polar surface area (TPSA) is 78.9 Å². The molecule has 8 heteroatoms. The van der Waals surface area contributed by atoms with Gasteiger partial charge in [-0.3, -0.25) is 4.79 Å². The van der Waals surface area contributed by atoms with Crippen LogP contribution in [0, 0.1) is 0 Å². The zero-order valence-corrected chi connectivity index (χ0v) is 17.9. The minimum Gasteiger partial charge on any atom is -0.494 e. The molecule has 4 rings (SSSR count). The van der Waals surface area contributed by atoms with Crippen LogP contribution in [-0.4, -0.2) is 20.8 Å². The Bertz CT molecular complexity index is 1260. The van der Waals surface area contributed by atoms with E-state index in [1.807, 2.05) is 19.1 Å². The highest BCUT2D eigenvalue weighted by Crippen LogP contribution is 2.35. The van der Waals surface area contributed by atoms with Crippen molar-refractivity contribution in [2.75, 3.05) is 6.61 Å². The summed E-state index contributed by atoms with van der Waals surface area (Å²) in [6.45, 7) is 2.46. The first-order valence-corrected chi connectivity index (χ1v) is 11.2. The summed E-state index contributed by atoms with van der Waals surface area (Å²) in [4.78, 5) is 12.6. The molecule has 3 aromatic rings. The lowest BCUT2D eigenvalue weighted by molar-refractivity contribution is 0.101. The van der Waals surface area contributed by atoms with E-state index in [4.69, 9.17) is 25.3 Å². The van der Waals surface area contributed by atoms with Crippen molar-refractivity contribution in [1.29, 1.82) is 0 Å². The average molecular weight is 457 g/mol. The first-order valence-electron chi connectivity index (χ1n) is 9.37. The Morgan fingerprint density at radius 3 is 2.32 bits per heavy atom. The van der Waals surface area contributed by atoms with Gasteiger partial charge in [0.1, 0.15) is 22.1 Å². The van der Waals surface area contributed by atoms with E-state index in [1.54, 1.807) is 18.2 Å². The lowest BCUT2D eigenvalue weighted by atomic mass is 10.1. The Balaban J connectivity index is 1.54. The zero-order valence-electron chi connectivity index (χ0n) is 16.4. The number of fused-ring (bicyclic) bond motifs is 1. The van der Waals surface area contributed by atoms with Gasteiger partial charge in [0.2, 0.25) is 5.78 Å². The molecule has 0 saturated heterocycles. The van der Waals surface area contributed by atoms with Gasteiger partial charge in [0.15, 0.2) is 5.76 Å². The van der Waals surface area contributed by atoms with E-state index >= 15 is 0 Å². The van der Waals surface area contributed by atoms with Crippen LogP contribution in [0.15, 0.2) is 77.4 Å². The first kappa shape index (κ1) is 21.0. The van der Waals surface area contributed by atoms with Crippen LogP contribution >= 0.6 is 11.6 Å². The summed E-state index contributed by atoms with van der Waals surface area (Å²) >= 11 is 5.80. The van der Waals surface area contributed by atoms with Crippen LogP contribution in [0.25, 0.3) is 6.08 Å². The van der Waals surface area contributed by atoms with E-state index < -0.39 is 10.1 Å². The average Bonchev–Trinajstić information content (AvgIpc) is 3.04. The van der Waals surface area contributed by atoms with Gasteiger partial charge in [0.25, 0.3) is 0 Å². The van der Waals surface area contributed by atoms with Crippen molar-refractivity contribution < 1.29 is 26.9 Å². The molecule has 0 radical (unpaired) electrons. The first-order chi connectivity index (χ1) is 14.9. The number of Topliss-reactive ketones (excluding diaryl/α,β-unsaturated/α-hetero) is 1. The molecule has 0 bridgehead atoms. The molecule has 0 fully saturated rings. The number of halogens is 1. The number of allylic oxidation sites excluding steroid dienone is 1. The van der Waals surface area contributed by atoms with Crippen LogP contribution in [-0.2, 0) is 10.1 Å². The van der Waals surface area contributed by atoms with Crippen LogP contribution in [0.1, 0.15) is 22.8 Å². The minimum atomic E-state index is -4.06. The summed E-state index contributed by atoms with van der Waals surface area (Å²) in [5.41, 5.74) is 1.09. The van der Waals surface area contributed by atoms with Crippen LogP contribution < -0.4 is 13.7 Å². The maximum atomic E-state index is 12.6. The van der Waals surface area contributed by atoms with E-state index in [2.05, 4.69) is 0 Å². The second kappa shape index (κ2) is 8.45. The van der Waals surface area contributed by atoms with Crippen molar-refractivity contribution >= 4 is 33.6 Å². The molecule has 0 saturated carbocycles. The second-order valence-electron chi connectivity index (χ2n) is 6.59. The summed E-state index contributed by atoms with van der Waals surface area (Å²) in [7, 11) is -4.06. The predicted molar refractivity (Wildman–Crippen MR) is 116 cm³/mol. The molecule has 0 unspecified atom stereocenters. The predicted octanol–water partition coefficient (Wildman–Crippen LogP) is 5.12. The van der Waals surface area contributed by atoms with Gasteiger partial charge in [-0.05, 0) is 67.1 Å². The Morgan fingerprint density at radius 1 is 0.968 bits per heavy atom. The van der Waals surface area contributed by atoms with E-state index in [9.17, 15) is 13.2 Å². The van der Waals surface area contributed by atoms with Gasteiger partial charge in [-0.25, -0.2) is 0 Å². The fraction of sp³-hybridized carbons (Fsp3) is 0.0870. The number of ketones is 1. The van der Waals surface area contributed by atoms with Crippen LogP contribution in [0.4, 0.5) is 0 Å². The van der Waals surface area contributed by atoms with Gasteiger partial charge >= 0.3 is 10.1 Å². The molecule has 3 aromatic carbocycles. The second-order valence-corrected chi connectivity index (χ2v) is 8.57. The molecular weight excluding hydrogens is 440 g/mol. The minimum absolute atomic E-state index is 0.0313. The van der Waals surface area contributed by atoms with Gasteiger partial charge in [0, 0.05) is 11.1 Å². The third-order valence-electron chi connectivity index (χ3n) is 4.44. The quantitative estimate of drug-likeness (QED) is 0.378. The Hall–Kier alpha value is -3.29. The van der Waals surface area contributed by atoms with Crippen molar-refractivity contribution in [2.45, 2.75) is 11.8 Å². The molecular formula is C23H17ClO6S. The van der Waals surface area contributed by atoms with E-state index in [0.29, 0.717) is 17.2 Å². The fourth-order valence-corrected chi connectivity index (χ4v) is 4.02. The largest absolute Gasteiger partial charge is 0.494 e. The van der Waals surface area contributed by atoms with Crippen molar-refractivity contribution in [3.8, 4) is 17.2 Å². The number of hydrogen-bond acceptors (Lipinski definition) is 6. The third kappa shape index (κ3) is 4.57. The highest BCUT2D eigenvalue weighted by molar-refractivity contribution is 7.87. The van der Waals surface area contributed by atoms with Gasteiger partial charge in [0.05, 0.1) is 12.2 Å². The molecule has 0 amide bonds. The van der Waals surface area contributed by atoms with E-state index in [0.717, 1.165) is 11.3 Å². The third-order valence-corrected chi connectivity index (χ3v) is 5.95. The molecule has 31 heavy (non-hydrogen) atoms. The van der Waals surface area contributed by atoms with Crippen molar-refractivity contribution in [1.82, 2.24) is 0 Å². The molecule has 1 aliphatic heterocycles. The monoisotopic (exact) mass is 456 g/mol. The Kier molecular flexibility index (Phi) is 5.71. The Morgan fingerprint density at radius 2 is 1.65 bits per heavy atom. The number of rotatable bonds is 6. The summed E-state index contributed by atoms with van der Waals surface area (Å²) < 4.78 is 41.2. The molecule has 0 aliphatic carbocycles. The standard InChI is InChI=1S/C23H17ClO6S/c1-2-28-17-7-3-15(4-8-17)13-22-23(25)20-12-9-18(14-21(20)29-22)30-31(26,27)19-10-5-16(24)6-11-19/h3-14H,2H2,1H3. The van der Waals surface area contributed by atoms with Crippen LogP contribution in [0.3, 0.4) is 0 Å². The van der Waals surface area contributed by atoms with Gasteiger partial charge < -0.3 is 13.7 Å². The molecule has 6 nitrogen and oxygen atoms in total. The van der Waals surface area contributed by atoms with E-state index in [1.165, 1.54) is 42.5 Å². The summed E-state index contributed by atoms with van der Waals surface area (Å²) in [6.07, 6.45) is 1.61. The summed E-state index contributed by atoms with van der Waals surface area (Å²) in [6, 6.07) is 17.1. The lowest BCUT2D eigenvalue weighted by Gasteiger charge is -2.08. The number of benzene rings is 3. The molecule has 0 atom stereocenters. The molecule has 0 aromatic heterocycles. The molecule has 1 aliphatic rings. The molecule has 0 N–H and O–H groups in total. The Labute approximate surface area is 184 Å². The van der Waals surface area contributed by atoms with E-state index in [-0.39, 0.29) is 27.9 Å². The fourth-order valence-electron chi connectivity index (χ4n) is 2.97. The zero-order chi connectivity index (χ0) is 22.0. The molecule has 0 spiro atoms. The lowest BCUT2D eigenvalue weighted by Crippen LogP contribution is -2.09. The van der Waals surface area contributed by atoms with Crippen molar-refractivity contribution in [3.63, 3.8) is 0 Å². The normalized spacial score (nSPS) is 14.3. The van der Waals surface area contributed by atoms with Gasteiger partial charge in [-0.2, -0.15) is 8.42 Å². The highest BCUT2D eigenvalue weighted by Gasteiger charge is 2.28. The van der Waals surface area contributed by atoms with Crippen molar-refractivity contribution in [2.24, 2.45) is 0 Å². The number of carbonyl (C=O) groups is 1. The van der Waals surface area contributed by atoms with Crippen molar-refractivity contribution in [3.05, 3.63) is 88.6 Å². The molecule has 158 valence electrons. The maximum absolute atomic E-state index is 12.6. The summed E-state index contributed by atoms with van der Waals surface area (Å²) in [5, 5.41) is 0.412. The molecule has 1 heterocycles. The number of carbonyl (C=O) groups excluding carboxylic acids is 1. The SMILES string of the molecule is CCOc1ccc(C=C2Oc3cc(OS(=O)(=O)c4ccc(Cl)cc4)ccc3C2=O)cc1. The van der Waals surface area contributed by atoms with Gasteiger partial charge in [-0.1, -0.05) is 23.7 Å².